The first-order chi connectivity index (χ1) is 15.9. The number of hydrogen-bond acceptors (Lipinski definition) is 4. The standard InChI is InChI=1S/C24H21ClF2N4O2/c25-21-5-2-1-4-20(21)24(33)31-9-3-8-30(10-11-31)22-7-6-19(15-28-22)29-23(32)16-12-17(26)14-18(27)13-16/h1-2,4-7,12-15H,3,8-11H2,(H,29,32). The summed E-state index contributed by atoms with van der Waals surface area (Å²) in [5.41, 5.74) is 0.773. The number of nitrogens with zero attached hydrogens (tertiary/aromatic N) is 3. The number of halogens is 3. The normalized spacial score (nSPS) is 14.0. The quantitative estimate of drug-likeness (QED) is 0.604. The van der Waals surface area contributed by atoms with Gasteiger partial charge in [0.15, 0.2) is 0 Å². The number of aromatic nitrogens is 1. The smallest absolute Gasteiger partial charge is 0.255 e. The van der Waals surface area contributed by atoms with Crippen LogP contribution in [0.5, 0.6) is 0 Å². The molecule has 33 heavy (non-hydrogen) atoms. The second-order valence-corrected chi connectivity index (χ2v) is 8.04. The maximum atomic E-state index is 13.3. The van der Waals surface area contributed by atoms with Crippen LogP contribution in [-0.2, 0) is 0 Å². The van der Waals surface area contributed by atoms with E-state index in [2.05, 4.69) is 15.2 Å². The van der Waals surface area contributed by atoms with Crippen LogP contribution in [0.15, 0.2) is 60.8 Å². The number of nitrogens with one attached hydrogen (secondary N) is 1. The van der Waals surface area contributed by atoms with E-state index < -0.39 is 17.5 Å². The van der Waals surface area contributed by atoms with E-state index in [9.17, 15) is 18.4 Å². The summed E-state index contributed by atoms with van der Waals surface area (Å²) in [5, 5.41) is 3.02. The monoisotopic (exact) mass is 470 g/mol. The zero-order valence-electron chi connectivity index (χ0n) is 17.6. The first kappa shape index (κ1) is 22.7. The van der Waals surface area contributed by atoms with E-state index in [0.717, 1.165) is 18.6 Å². The lowest BCUT2D eigenvalue weighted by atomic mass is 10.2. The lowest BCUT2D eigenvalue weighted by Crippen LogP contribution is -2.35. The van der Waals surface area contributed by atoms with E-state index in [4.69, 9.17) is 11.6 Å². The average molecular weight is 471 g/mol. The summed E-state index contributed by atoms with van der Waals surface area (Å²) in [6.07, 6.45) is 2.25. The third kappa shape index (κ3) is 5.46. The van der Waals surface area contributed by atoms with Crippen LogP contribution in [-0.4, -0.2) is 47.9 Å². The maximum absolute atomic E-state index is 13.3. The molecule has 0 radical (unpaired) electrons. The van der Waals surface area contributed by atoms with E-state index >= 15 is 0 Å². The molecule has 9 heteroatoms. The summed E-state index contributed by atoms with van der Waals surface area (Å²) in [7, 11) is 0. The van der Waals surface area contributed by atoms with Gasteiger partial charge in [-0.25, -0.2) is 13.8 Å². The Labute approximate surface area is 194 Å². The molecule has 0 atom stereocenters. The number of carbonyl (C=O) groups is 2. The molecule has 6 nitrogen and oxygen atoms in total. The number of rotatable bonds is 4. The molecule has 2 aromatic carbocycles. The molecule has 0 bridgehead atoms. The minimum atomic E-state index is -0.822. The maximum Gasteiger partial charge on any atom is 0.255 e. The lowest BCUT2D eigenvalue weighted by molar-refractivity contribution is 0.0767. The summed E-state index contributed by atoms with van der Waals surface area (Å²) in [6, 6.07) is 13.1. The predicted molar refractivity (Wildman–Crippen MR) is 123 cm³/mol. The Bertz CT molecular complexity index is 1150. The average Bonchev–Trinajstić information content (AvgIpc) is 3.05. The van der Waals surface area contributed by atoms with E-state index in [1.165, 1.54) is 6.20 Å². The highest BCUT2D eigenvalue weighted by molar-refractivity contribution is 6.33. The summed E-state index contributed by atoms with van der Waals surface area (Å²) >= 11 is 6.17. The lowest BCUT2D eigenvalue weighted by Gasteiger charge is -2.23. The van der Waals surface area contributed by atoms with Gasteiger partial charge in [-0.15, -0.1) is 0 Å². The highest BCUT2D eigenvalue weighted by atomic mass is 35.5. The fourth-order valence-electron chi connectivity index (χ4n) is 3.69. The molecule has 1 aromatic heterocycles. The van der Waals surface area contributed by atoms with Crippen molar-refractivity contribution < 1.29 is 18.4 Å². The topological polar surface area (TPSA) is 65.5 Å². The molecule has 2 amide bonds. The minimum Gasteiger partial charge on any atom is -0.355 e. The SMILES string of the molecule is O=C(Nc1ccc(N2CCCN(C(=O)c3ccccc3Cl)CC2)nc1)c1cc(F)cc(F)c1. The Morgan fingerprint density at radius 3 is 2.39 bits per heavy atom. The van der Waals surface area contributed by atoms with Crippen molar-refractivity contribution in [3.8, 4) is 0 Å². The van der Waals surface area contributed by atoms with Crippen molar-refractivity contribution in [1.82, 2.24) is 9.88 Å². The third-order valence-corrected chi connectivity index (χ3v) is 5.67. The van der Waals surface area contributed by atoms with Gasteiger partial charge in [-0.3, -0.25) is 9.59 Å². The molecule has 0 aliphatic carbocycles. The van der Waals surface area contributed by atoms with Gasteiger partial charge in [0.1, 0.15) is 17.5 Å². The van der Waals surface area contributed by atoms with Crippen molar-refractivity contribution in [3.63, 3.8) is 0 Å². The second-order valence-electron chi connectivity index (χ2n) is 7.63. The van der Waals surface area contributed by atoms with Gasteiger partial charge in [0.05, 0.1) is 22.5 Å². The van der Waals surface area contributed by atoms with E-state index in [0.29, 0.717) is 54.3 Å². The first-order valence-corrected chi connectivity index (χ1v) is 10.8. The number of pyridine rings is 1. The van der Waals surface area contributed by atoms with Crippen molar-refractivity contribution >= 4 is 34.9 Å². The molecule has 3 aromatic rings. The fourth-order valence-corrected chi connectivity index (χ4v) is 3.91. The first-order valence-electron chi connectivity index (χ1n) is 10.4. The highest BCUT2D eigenvalue weighted by Gasteiger charge is 2.22. The summed E-state index contributed by atoms with van der Waals surface area (Å²) in [5.74, 6) is -1.67. The van der Waals surface area contributed by atoms with E-state index in [-0.39, 0.29) is 11.5 Å². The van der Waals surface area contributed by atoms with Crippen molar-refractivity contribution in [2.75, 3.05) is 36.4 Å². The van der Waals surface area contributed by atoms with Crippen molar-refractivity contribution in [3.05, 3.63) is 88.6 Å². The largest absolute Gasteiger partial charge is 0.355 e. The van der Waals surface area contributed by atoms with Gasteiger partial charge in [0.25, 0.3) is 11.8 Å². The van der Waals surface area contributed by atoms with Gasteiger partial charge in [0, 0.05) is 37.8 Å². The zero-order valence-corrected chi connectivity index (χ0v) is 18.4. The van der Waals surface area contributed by atoms with Crippen LogP contribution in [0.3, 0.4) is 0 Å². The zero-order chi connectivity index (χ0) is 23.4. The number of carbonyl (C=O) groups excluding carboxylic acids is 2. The fraction of sp³-hybridized carbons (Fsp3) is 0.208. The number of anilines is 2. The second kappa shape index (κ2) is 9.95. The van der Waals surface area contributed by atoms with Crippen LogP contribution in [0.4, 0.5) is 20.3 Å². The highest BCUT2D eigenvalue weighted by Crippen LogP contribution is 2.21. The van der Waals surface area contributed by atoms with Crippen LogP contribution in [0.2, 0.25) is 5.02 Å². The van der Waals surface area contributed by atoms with Crippen molar-refractivity contribution in [2.24, 2.45) is 0 Å². The number of amides is 2. The Kier molecular flexibility index (Phi) is 6.84. The van der Waals surface area contributed by atoms with Crippen molar-refractivity contribution in [2.45, 2.75) is 6.42 Å². The van der Waals surface area contributed by atoms with E-state index in [1.54, 1.807) is 41.3 Å². The van der Waals surface area contributed by atoms with Gasteiger partial charge in [-0.05, 0) is 42.8 Å². The molecule has 1 N–H and O–H groups in total. The molecule has 1 aliphatic rings. The van der Waals surface area contributed by atoms with Gasteiger partial charge in [-0.1, -0.05) is 23.7 Å². The number of hydrogen-bond donors (Lipinski definition) is 1. The molecule has 170 valence electrons. The van der Waals surface area contributed by atoms with E-state index in [1.807, 2.05) is 0 Å². The van der Waals surface area contributed by atoms with Crippen LogP contribution in [0.25, 0.3) is 0 Å². The van der Waals surface area contributed by atoms with Gasteiger partial charge in [0.2, 0.25) is 0 Å². The third-order valence-electron chi connectivity index (χ3n) is 5.34. The molecule has 2 heterocycles. The molecule has 0 spiro atoms. The predicted octanol–water partition coefficient (Wildman–Crippen LogP) is 4.62. The molecule has 1 aliphatic heterocycles. The molecular weight excluding hydrogens is 450 g/mol. The number of benzene rings is 2. The minimum absolute atomic E-state index is 0.0951. The van der Waals surface area contributed by atoms with Gasteiger partial charge >= 0.3 is 0 Å². The molecular formula is C24H21ClF2N4O2. The Morgan fingerprint density at radius 2 is 1.70 bits per heavy atom. The van der Waals surface area contributed by atoms with Crippen molar-refractivity contribution in [1.29, 1.82) is 0 Å². The van der Waals surface area contributed by atoms with Crippen LogP contribution >= 0.6 is 11.6 Å². The van der Waals surface area contributed by atoms with Crippen LogP contribution in [0.1, 0.15) is 27.1 Å². The molecule has 0 unspecified atom stereocenters. The Hall–Kier alpha value is -3.52. The Balaban J connectivity index is 1.38. The van der Waals surface area contributed by atoms with Gasteiger partial charge in [-0.2, -0.15) is 0 Å². The Morgan fingerprint density at radius 1 is 0.939 bits per heavy atom. The molecule has 1 saturated heterocycles. The summed E-state index contributed by atoms with van der Waals surface area (Å²) in [4.78, 5) is 33.4. The van der Waals surface area contributed by atoms with Gasteiger partial charge < -0.3 is 15.1 Å². The molecule has 4 rings (SSSR count). The molecule has 0 saturated carbocycles. The van der Waals surface area contributed by atoms with Crippen LogP contribution < -0.4 is 10.2 Å². The van der Waals surface area contributed by atoms with Crippen LogP contribution in [0, 0.1) is 11.6 Å². The molecule has 1 fully saturated rings. The summed E-state index contributed by atoms with van der Waals surface area (Å²) < 4.78 is 26.7. The summed E-state index contributed by atoms with van der Waals surface area (Å²) in [6.45, 7) is 2.44.